The molecule has 4 nitrogen and oxygen atoms in total. The molecule has 1 aromatic heterocycles. The molecule has 0 amide bonds. The van der Waals surface area contributed by atoms with Crippen molar-refractivity contribution in [2.75, 3.05) is 18.8 Å². The molecule has 0 fully saturated rings. The van der Waals surface area contributed by atoms with Gasteiger partial charge in [0, 0.05) is 17.2 Å². The predicted octanol–water partition coefficient (Wildman–Crippen LogP) is 1.78. The van der Waals surface area contributed by atoms with Gasteiger partial charge in [-0.3, -0.25) is 0 Å². The van der Waals surface area contributed by atoms with Crippen molar-refractivity contribution in [1.82, 2.24) is 4.72 Å². The zero-order valence-corrected chi connectivity index (χ0v) is 12.2. The van der Waals surface area contributed by atoms with Crippen LogP contribution in [0.2, 0.25) is 0 Å². The maximum absolute atomic E-state index is 11.9. The molecule has 0 unspecified atom stereocenters. The van der Waals surface area contributed by atoms with Crippen molar-refractivity contribution in [2.24, 2.45) is 5.73 Å². The molecule has 0 atom stereocenters. The Kier molecular flexibility index (Phi) is 6.12. The first-order valence-corrected chi connectivity index (χ1v) is 8.52. The van der Waals surface area contributed by atoms with Crippen LogP contribution in [0.3, 0.4) is 0 Å². The van der Waals surface area contributed by atoms with E-state index >= 15 is 0 Å². The summed E-state index contributed by atoms with van der Waals surface area (Å²) < 4.78 is 61.3. The predicted molar refractivity (Wildman–Crippen MR) is 70.8 cm³/mol. The van der Waals surface area contributed by atoms with Crippen LogP contribution in [0.1, 0.15) is 4.88 Å². The van der Waals surface area contributed by atoms with Crippen molar-refractivity contribution >= 4 is 33.1 Å². The Morgan fingerprint density at radius 1 is 1.37 bits per heavy atom. The molecule has 0 aliphatic rings. The van der Waals surface area contributed by atoms with Crippen LogP contribution in [-0.4, -0.2) is 32.8 Å². The minimum atomic E-state index is -4.34. The van der Waals surface area contributed by atoms with E-state index < -0.39 is 15.5 Å². The molecule has 1 heterocycles. The number of rotatable bonds is 7. The summed E-state index contributed by atoms with van der Waals surface area (Å²) in [7, 11) is -3.73. The van der Waals surface area contributed by atoms with Crippen LogP contribution < -0.4 is 10.5 Å². The summed E-state index contributed by atoms with van der Waals surface area (Å²) in [5, 5.41) is 0. The molecule has 110 valence electrons. The van der Waals surface area contributed by atoms with Gasteiger partial charge in [0.25, 0.3) is 0 Å². The Hall–Kier alpha value is -0.290. The van der Waals surface area contributed by atoms with Crippen LogP contribution in [0, 0.1) is 0 Å². The number of thiophene rings is 1. The van der Waals surface area contributed by atoms with Gasteiger partial charge in [0.05, 0.1) is 0 Å². The monoisotopic (exact) mass is 334 g/mol. The molecular formula is C9H13F3N2O2S3. The number of nitrogens with two attached hydrogens (primary N) is 1. The number of thioether (sulfide) groups is 1. The highest BCUT2D eigenvalue weighted by Crippen LogP contribution is 2.29. The van der Waals surface area contributed by atoms with Crippen molar-refractivity contribution in [3.05, 3.63) is 17.0 Å². The number of hydrogen-bond donors (Lipinski definition) is 2. The van der Waals surface area contributed by atoms with E-state index in [1.165, 1.54) is 6.07 Å². The largest absolute Gasteiger partial charge is 0.441 e. The number of halogens is 3. The highest BCUT2D eigenvalue weighted by Gasteiger charge is 2.27. The molecule has 1 aromatic rings. The van der Waals surface area contributed by atoms with Gasteiger partial charge in [-0.1, -0.05) is 0 Å². The number of hydrogen-bond acceptors (Lipinski definition) is 5. The lowest BCUT2D eigenvalue weighted by molar-refractivity contribution is -0.0327. The third-order valence-corrected chi connectivity index (χ3v) is 5.79. The standard InChI is InChI=1S/C9H13F3N2O2S3/c10-9(11,12)17-6-5-14-19(15,16)8-2-1-7(18-8)3-4-13/h1-2,14H,3-6,13H2. The highest BCUT2D eigenvalue weighted by atomic mass is 32.2. The van der Waals surface area contributed by atoms with E-state index in [4.69, 9.17) is 5.73 Å². The maximum atomic E-state index is 11.9. The van der Waals surface area contributed by atoms with Crippen molar-refractivity contribution in [2.45, 2.75) is 16.1 Å². The van der Waals surface area contributed by atoms with Crippen LogP contribution in [0.25, 0.3) is 0 Å². The van der Waals surface area contributed by atoms with E-state index in [1.807, 2.05) is 0 Å². The zero-order chi connectivity index (χ0) is 14.5. The third-order valence-electron chi connectivity index (χ3n) is 1.95. The molecule has 0 aliphatic carbocycles. The molecule has 1 rings (SSSR count). The van der Waals surface area contributed by atoms with Crippen molar-refractivity contribution < 1.29 is 21.6 Å². The number of alkyl halides is 3. The summed E-state index contributed by atoms with van der Waals surface area (Å²) >= 11 is 0.811. The van der Waals surface area contributed by atoms with Crippen LogP contribution in [0.5, 0.6) is 0 Å². The van der Waals surface area contributed by atoms with Gasteiger partial charge in [-0.25, -0.2) is 13.1 Å². The molecule has 0 aromatic carbocycles. The summed E-state index contributed by atoms with van der Waals surface area (Å²) in [5.41, 5.74) is 1.01. The smallest absolute Gasteiger partial charge is 0.330 e. The lowest BCUT2D eigenvalue weighted by Gasteiger charge is -2.06. The highest BCUT2D eigenvalue weighted by molar-refractivity contribution is 8.00. The fraction of sp³-hybridized carbons (Fsp3) is 0.556. The minimum Gasteiger partial charge on any atom is -0.330 e. The first kappa shape index (κ1) is 16.8. The molecule has 0 radical (unpaired) electrons. The average Bonchev–Trinajstić information content (AvgIpc) is 2.73. The molecule has 19 heavy (non-hydrogen) atoms. The van der Waals surface area contributed by atoms with Crippen molar-refractivity contribution in [3.8, 4) is 0 Å². The molecular weight excluding hydrogens is 321 g/mol. The summed E-state index contributed by atoms with van der Waals surface area (Å²) in [5.74, 6) is -0.357. The summed E-state index contributed by atoms with van der Waals surface area (Å²) in [6, 6.07) is 3.07. The number of nitrogens with one attached hydrogen (secondary N) is 1. The van der Waals surface area contributed by atoms with Crippen molar-refractivity contribution in [1.29, 1.82) is 0 Å². The fourth-order valence-corrected chi connectivity index (χ4v) is 4.21. The van der Waals surface area contributed by atoms with Gasteiger partial charge in [-0.2, -0.15) is 13.2 Å². The SMILES string of the molecule is NCCc1ccc(S(=O)(=O)NCCSC(F)(F)F)s1. The molecule has 0 bridgehead atoms. The van der Waals surface area contributed by atoms with Gasteiger partial charge in [0.1, 0.15) is 4.21 Å². The zero-order valence-electron chi connectivity index (χ0n) is 9.74. The minimum absolute atomic E-state index is 0.0907. The van der Waals surface area contributed by atoms with E-state index in [1.54, 1.807) is 6.07 Å². The Bertz CT molecular complexity index is 499. The van der Waals surface area contributed by atoms with E-state index in [-0.39, 0.29) is 28.3 Å². The average molecular weight is 334 g/mol. The van der Waals surface area contributed by atoms with Gasteiger partial charge in [0.15, 0.2) is 0 Å². The van der Waals surface area contributed by atoms with E-state index in [9.17, 15) is 21.6 Å². The lowest BCUT2D eigenvalue weighted by atomic mass is 10.3. The maximum Gasteiger partial charge on any atom is 0.441 e. The van der Waals surface area contributed by atoms with Gasteiger partial charge in [0.2, 0.25) is 10.0 Å². The molecule has 0 aliphatic heterocycles. The van der Waals surface area contributed by atoms with Gasteiger partial charge in [-0.05, 0) is 36.9 Å². The second kappa shape index (κ2) is 6.93. The quantitative estimate of drug-likeness (QED) is 0.746. The van der Waals surface area contributed by atoms with Crippen molar-refractivity contribution in [3.63, 3.8) is 0 Å². The molecule has 0 saturated heterocycles. The van der Waals surface area contributed by atoms with Crippen LogP contribution >= 0.6 is 23.1 Å². The normalized spacial score (nSPS) is 12.8. The number of sulfonamides is 1. The van der Waals surface area contributed by atoms with E-state index in [0.29, 0.717) is 13.0 Å². The Balaban J connectivity index is 2.51. The van der Waals surface area contributed by atoms with Crippen LogP contribution in [0.4, 0.5) is 13.2 Å². The Labute approximate surface area is 117 Å². The van der Waals surface area contributed by atoms with Gasteiger partial charge in [-0.15, -0.1) is 11.3 Å². The molecule has 10 heteroatoms. The van der Waals surface area contributed by atoms with E-state index in [2.05, 4.69) is 4.72 Å². The summed E-state index contributed by atoms with van der Waals surface area (Å²) in [6.07, 6.45) is 0.574. The fourth-order valence-electron chi connectivity index (χ4n) is 1.19. The second-order valence-corrected chi connectivity index (χ2v) is 7.77. The topological polar surface area (TPSA) is 72.2 Å². The summed E-state index contributed by atoms with van der Waals surface area (Å²) in [4.78, 5) is 0.826. The third kappa shape index (κ3) is 6.13. The molecule has 0 spiro atoms. The van der Waals surface area contributed by atoms with E-state index in [0.717, 1.165) is 16.2 Å². The first-order valence-electron chi connectivity index (χ1n) is 5.24. The Morgan fingerprint density at radius 3 is 2.63 bits per heavy atom. The van der Waals surface area contributed by atoms with Gasteiger partial charge < -0.3 is 5.73 Å². The summed E-state index contributed by atoms with van der Waals surface area (Å²) in [6.45, 7) is 0.145. The molecule has 3 N–H and O–H groups in total. The lowest BCUT2D eigenvalue weighted by Crippen LogP contribution is -2.26. The first-order chi connectivity index (χ1) is 8.74. The van der Waals surface area contributed by atoms with Crippen LogP contribution in [-0.2, 0) is 16.4 Å². The van der Waals surface area contributed by atoms with Gasteiger partial charge >= 0.3 is 5.51 Å². The Morgan fingerprint density at radius 2 is 2.05 bits per heavy atom. The molecule has 0 saturated carbocycles. The second-order valence-electron chi connectivity index (χ2n) is 3.45. The van der Waals surface area contributed by atoms with Crippen LogP contribution in [0.15, 0.2) is 16.3 Å².